The van der Waals surface area contributed by atoms with Gasteiger partial charge in [-0.25, -0.2) is 0 Å². The largest absolute Gasteiger partial charge is 0.493 e. The first kappa shape index (κ1) is 10.6. The van der Waals surface area contributed by atoms with Gasteiger partial charge in [-0.3, -0.25) is 0 Å². The van der Waals surface area contributed by atoms with E-state index in [1.54, 1.807) is 0 Å². The summed E-state index contributed by atoms with van der Waals surface area (Å²) in [7, 11) is 0. The molecule has 0 aliphatic carbocycles. The molecule has 0 saturated carbocycles. The molecule has 0 unspecified atom stereocenters. The number of ether oxygens (including phenoxy) is 1. The summed E-state index contributed by atoms with van der Waals surface area (Å²) in [5, 5.41) is 8.86. The summed E-state index contributed by atoms with van der Waals surface area (Å²) in [6.07, 6.45) is 0. The molecule has 2 aromatic rings. The van der Waals surface area contributed by atoms with Crippen LogP contribution >= 0.6 is 27.3 Å². The summed E-state index contributed by atoms with van der Waals surface area (Å²) in [5.41, 5.74) is 0.988. The van der Waals surface area contributed by atoms with Crippen molar-refractivity contribution in [2.75, 3.05) is 6.61 Å². The monoisotopic (exact) mass is 284 g/mol. The number of rotatable bonds is 3. The van der Waals surface area contributed by atoms with Crippen LogP contribution in [0.2, 0.25) is 0 Å². The topological polar surface area (TPSA) is 35.0 Å². The van der Waals surface area contributed by atoms with Gasteiger partial charge in [-0.15, -0.1) is 10.2 Å². The minimum Gasteiger partial charge on any atom is -0.493 e. The van der Waals surface area contributed by atoms with E-state index < -0.39 is 0 Å². The number of hydrogen-bond donors (Lipinski definition) is 0. The van der Waals surface area contributed by atoms with Crippen LogP contribution in [0.4, 0.5) is 0 Å². The molecule has 0 spiro atoms. The number of para-hydroxylation sites is 1. The van der Waals surface area contributed by atoms with Gasteiger partial charge in [0.1, 0.15) is 5.75 Å². The number of hydrogen-bond acceptors (Lipinski definition) is 4. The zero-order valence-electron chi connectivity index (χ0n) is 8.11. The molecule has 0 atom stereocenters. The number of nitrogens with zero attached hydrogens (tertiary/aromatic N) is 2. The van der Waals surface area contributed by atoms with Gasteiger partial charge in [0.05, 0.1) is 12.2 Å². The predicted octanol–water partition coefficient (Wildman–Crippen LogP) is 3.37. The van der Waals surface area contributed by atoms with Crippen molar-refractivity contribution in [2.45, 2.75) is 6.92 Å². The Morgan fingerprint density at radius 3 is 2.80 bits per heavy atom. The van der Waals surface area contributed by atoms with Gasteiger partial charge in [0.25, 0.3) is 0 Å². The lowest BCUT2D eigenvalue weighted by Gasteiger charge is -2.06. The molecular weight excluding hydrogens is 276 g/mol. The summed E-state index contributed by atoms with van der Waals surface area (Å²) in [4.78, 5) is 0. The van der Waals surface area contributed by atoms with Crippen LogP contribution in [0, 0.1) is 0 Å². The Balaban J connectivity index is 2.42. The van der Waals surface area contributed by atoms with E-state index in [2.05, 4.69) is 26.1 Å². The highest BCUT2D eigenvalue weighted by molar-refractivity contribution is 9.11. The van der Waals surface area contributed by atoms with E-state index in [9.17, 15) is 0 Å². The van der Waals surface area contributed by atoms with Crippen molar-refractivity contribution in [1.82, 2.24) is 10.2 Å². The van der Waals surface area contributed by atoms with E-state index in [1.165, 1.54) is 11.3 Å². The third-order valence-corrected chi connectivity index (χ3v) is 3.21. The summed E-state index contributed by atoms with van der Waals surface area (Å²) in [5.74, 6) is 0.851. The molecule has 0 N–H and O–H groups in total. The lowest BCUT2D eigenvalue weighted by atomic mass is 10.2. The van der Waals surface area contributed by atoms with Crippen LogP contribution in [0.1, 0.15) is 6.92 Å². The zero-order valence-corrected chi connectivity index (χ0v) is 10.5. The highest BCUT2D eigenvalue weighted by atomic mass is 79.9. The Labute approximate surface area is 100 Å². The maximum Gasteiger partial charge on any atom is 0.183 e. The molecule has 2 rings (SSSR count). The fourth-order valence-corrected chi connectivity index (χ4v) is 2.38. The fraction of sp³-hybridized carbons (Fsp3) is 0.200. The first-order chi connectivity index (χ1) is 7.31. The van der Waals surface area contributed by atoms with Gasteiger partial charge in [-0.05, 0) is 35.0 Å². The van der Waals surface area contributed by atoms with Gasteiger partial charge in [0.2, 0.25) is 0 Å². The van der Waals surface area contributed by atoms with Gasteiger partial charge >= 0.3 is 0 Å². The second-order valence-corrected chi connectivity index (χ2v) is 5.04. The first-order valence-electron chi connectivity index (χ1n) is 4.52. The lowest BCUT2D eigenvalue weighted by molar-refractivity contribution is 0.341. The average Bonchev–Trinajstić information content (AvgIpc) is 2.66. The molecule has 1 heterocycles. The SMILES string of the molecule is CCOc1ccccc1-c1nnc(Br)s1. The second kappa shape index (κ2) is 4.72. The van der Waals surface area contributed by atoms with Crippen LogP contribution in [-0.4, -0.2) is 16.8 Å². The highest BCUT2D eigenvalue weighted by Gasteiger charge is 2.09. The van der Waals surface area contributed by atoms with Gasteiger partial charge in [0.15, 0.2) is 8.92 Å². The van der Waals surface area contributed by atoms with E-state index in [4.69, 9.17) is 4.74 Å². The minimum atomic E-state index is 0.650. The third-order valence-electron chi connectivity index (χ3n) is 1.82. The lowest BCUT2D eigenvalue weighted by Crippen LogP contribution is -1.93. The number of benzene rings is 1. The van der Waals surface area contributed by atoms with Crippen molar-refractivity contribution in [3.05, 3.63) is 28.2 Å². The molecule has 15 heavy (non-hydrogen) atoms. The van der Waals surface area contributed by atoms with Crippen molar-refractivity contribution in [2.24, 2.45) is 0 Å². The van der Waals surface area contributed by atoms with Gasteiger partial charge in [-0.1, -0.05) is 23.5 Å². The Morgan fingerprint density at radius 2 is 2.13 bits per heavy atom. The molecular formula is C10H9BrN2OS. The van der Waals surface area contributed by atoms with E-state index in [0.29, 0.717) is 6.61 Å². The molecule has 0 saturated heterocycles. The van der Waals surface area contributed by atoms with Crippen molar-refractivity contribution in [3.63, 3.8) is 0 Å². The molecule has 0 amide bonds. The van der Waals surface area contributed by atoms with Crippen molar-refractivity contribution in [3.8, 4) is 16.3 Å². The standard InChI is InChI=1S/C10H9BrN2OS/c1-2-14-8-6-4-3-5-7(8)9-12-13-10(11)15-9/h3-6H,2H2,1H3. The van der Waals surface area contributed by atoms with Crippen LogP contribution in [0.15, 0.2) is 28.2 Å². The van der Waals surface area contributed by atoms with Crippen molar-refractivity contribution >= 4 is 27.3 Å². The van der Waals surface area contributed by atoms with E-state index >= 15 is 0 Å². The maximum atomic E-state index is 5.52. The molecule has 0 bridgehead atoms. The van der Waals surface area contributed by atoms with Gasteiger partial charge in [-0.2, -0.15) is 0 Å². The van der Waals surface area contributed by atoms with Crippen LogP contribution in [0.25, 0.3) is 10.6 Å². The quantitative estimate of drug-likeness (QED) is 0.867. The average molecular weight is 285 g/mol. The van der Waals surface area contributed by atoms with E-state index in [1.807, 2.05) is 31.2 Å². The van der Waals surface area contributed by atoms with Gasteiger partial charge in [0, 0.05) is 0 Å². The van der Waals surface area contributed by atoms with Crippen LogP contribution in [-0.2, 0) is 0 Å². The maximum absolute atomic E-state index is 5.52. The normalized spacial score (nSPS) is 10.3. The fourth-order valence-electron chi connectivity index (χ4n) is 1.24. The van der Waals surface area contributed by atoms with Crippen molar-refractivity contribution < 1.29 is 4.74 Å². The Morgan fingerprint density at radius 1 is 1.33 bits per heavy atom. The Bertz CT molecular complexity index is 458. The van der Waals surface area contributed by atoms with Crippen LogP contribution < -0.4 is 4.74 Å². The first-order valence-corrected chi connectivity index (χ1v) is 6.13. The molecule has 0 fully saturated rings. The summed E-state index contributed by atoms with van der Waals surface area (Å²) in [6.45, 7) is 2.61. The molecule has 1 aromatic heterocycles. The Hall–Kier alpha value is -0.940. The Kier molecular flexibility index (Phi) is 3.33. The molecule has 1 aromatic carbocycles. The summed E-state index contributed by atoms with van der Waals surface area (Å²) >= 11 is 4.79. The van der Waals surface area contributed by atoms with Gasteiger partial charge < -0.3 is 4.74 Å². The summed E-state index contributed by atoms with van der Waals surface area (Å²) < 4.78 is 6.31. The number of aromatic nitrogens is 2. The summed E-state index contributed by atoms with van der Waals surface area (Å²) in [6, 6.07) is 7.84. The molecule has 0 aliphatic rings. The van der Waals surface area contributed by atoms with Crippen LogP contribution in [0.3, 0.4) is 0 Å². The van der Waals surface area contributed by atoms with Crippen molar-refractivity contribution in [1.29, 1.82) is 0 Å². The predicted molar refractivity (Wildman–Crippen MR) is 64.2 cm³/mol. The number of halogens is 1. The molecule has 0 aliphatic heterocycles. The highest BCUT2D eigenvalue weighted by Crippen LogP contribution is 2.33. The third kappa shape index (κ3) is 2.35. The second-order valence-electron chi connectivity index (χ2n) is 2.79. The van der Waals surface area contributed by atoms with Crippen LogP contribution in [0.5, 0.6) is 5.75 Å². The smallest absolute Gasteiger partial charge is 0.183 e. The molecule has 78 valence electrons. The zero-order chi connectivity index (χ0) is 10.7. The molecule has 0 radical (unpaired) electrons. The molecule has 3 nitrogen and oxygen atoms in total. The van der Waals surface area contributed by atoms with E-state index in [-0.39, 0.29) is 0 Å². The minimum absolute atomic E-state index is 0.650. The van der Waals surface area contributed by atoms with E-state index in [0.717, 1.165) is 20.2 Å². The molecule has 5 heteroatoms.